The van der Waals surface area contributed by atoms with Crippen LogP contribution in [-0.4, -0.2) is 46.6 Å². The highest BCUT2D eigenvalue weighted by molar-refractivity contribution is 6.01. The van der Waals surface area contributed by atoms with E-state index >= 15 is 0 Å². The Hall–Kier alpha value is -5.06. The number of hydrogen-bond acceptors (Lipinski definition) is 4. The second-order valence-corrected chi connectivity index (χ2v) is 8.43. The molecule has 4 N–H and O–H groups in total. The molecule has 3 aromatic carbocycles. The zero-order valence-electron chi connectivity index (χ0n) is 20.5. The lowest BCUT2D eigenvalue weighted by atomic mass is 10.0. The quantitative estimate of drug-likeness (QED) is 0.343. The Morgan fingerprint density at radius 2 is 1.63 bits per heavy atom. The molecular weight excluding hydrogens is 494 g/mol. The smallest absolute Gasteiger partial charge is 0.316 e. The minimum atomic E-state index is -0.837. The fourth-order valence-electron chi connectivity index (χ4n) is 3.83. The Labute approximate surface area is 216 Å². The maximum absolute atomic E-state index is 14.9. The zero-order valence-corrected chi connectivity index (χ0v) is 20.5. The summed E-state index contributed by atoms with van der Waals surface area (Å²) in [5.74, 6) is -2.05. The summed E-state index contributed by atoms with van der Waals surface area (Å²) in [5.41, 5.74) is 7.76. The lowest BCUT2D eigenvalue weighted by molar-refractivity contribution is 0.0780. The first kappa shape index (κ1) is 26.0. The van der Waals surface area contributed by atoms with Gasteiger partial charge in [0.05, 0.1) is 23.1 Å². The van der Waals surface area contributed by atoms with Crippen LogP contribution >= 0.6 is 0 Å². The average molecular weight is 519 g/mol. The Morgan fingerprint density at radius 1 is 0.974 bits per heavy atom. The van der Waals surface area contributed by atoms with E-state index in [4.69, 9.17) is 5.73 Å². The lowest BCUT2D eigenvalue weighted by Crippen LogP contribution is -2.27. The van der Waals surface area contributed by atoms with Crippen LogP contribution in [0.5, 0.6) is 0 Å². The molecule has 0 aliphatic carbocycles. The zero-order chi connectivity index (χ0) is 27.4. The van der Waals surface area contributed by atoms with Gasteiger partial charge in [-0.2, -0.15) is 5.10 Å². The van der Waals surface area contributed by atoms with Crippen molar-refractivity contribution in [3.63, 3.8) is 0 Å². The van der Waals surface area contributed by atoms with Crippen molar-refractivity contribution in [2.24, 2.45) is 5.73 Å². The Morgan fingerprint density at radius 3 is 2.24 bits per heavy atom. The van der Waals surface area contributed by atoms with E-state index in [1.807, 2.05) is 0 Å². The first-order valence-electron chi connectivity index (χ1n) is 11.4. The molecule has 0 aliphatic heterocycles. The van der Waals surface area contributed by atoms with Crippen LogP contribution in [0.25, 0.3) is 16.8 Å². The van der Waals surface area contributed by atoms with E-state index < -0.39 is 23.7 Å². The van der Waals surface area contributed by atoms with Gasteiger partial charge in [0.1, 0.15) is 11.6 Å². The number of carbonyl (C=O) groups is 3. The third-order valence-corrected chi connectivity index (χ3v) is 5.76. The van der Waals surface area contributed by atoms with Crippen LogP contribution in [0.15, 0.2) is 72.9 Å². The van der Waals surface area contributed by atoms with Gasteiger partial charge in [0.2, 0.25) is 0 Å². The molecule has 0 unspecified atom stereocenters. The van der Waals surface area contributed by atoms with E-state index in [9.17, 15) is 23.2 Å². The van der Waals surface area contributed by atoms with Crippen LogP contribution in [0, 0.1) is 11.6 Å². The number of anilines is 1. The number of halogens is 2. The van der Waals surface area contributed by atoms with E-state index in [2.05, 4.69) is 15.7 Å². The molecule has 0 fully saturated rings. The predicted molar refractivity (Wildman–Crippen MR) is 138 cm³/mol. The molecule has 1 aromatic heterocycles. The number of urea groups is 1. The van der Waals surface area contributed by atoms with Crippen molar-refractivity contribution >= 4 is 23.5 Å². The summed E-state index contributed by atoms with van der Waals surface area (Å²) in [6.07, 6.45) is 1.45. The molecule has 194 valence electrons. The first-order chi connectivity index (χ1) is 18.2. The number of rotatable bonds is 7. The van der Waals surface area contributed by atoms with Crippen molar-refractivity contribution in [2.75, 3.05) is 19.4 Å². The molecule has 0 saturated heterocycles. The normalized spacial score (nSPS) is 10.6. The van der Waals surface area contributed by atoms with Gasteiger partial charge in [-0.1, -0.05) is 30.3 Å². The summed E-state index contributed by atoms with van der Waals surface area (Å²) < 4.78 is 29.5. The van der Waals surface area contributed by atoms with Crippen LogP contribution < -0.4 is 16.4 Å². The lowest BCUT2D eigenvalue weighted by Gasteiger charge is -2.18. The van der Waals surface area contributed by atoms with Crippen LogP contribution in [0.2, 0.25) is 0 Å². The number of carbonyl (C=O) groups excluding carboxylic acids is 3. The van der Waals surface area contributed by atoms with Crippen LogP contribution in [0.1, 0.15) is 26.4 Å². The van der Waals surface area contributed by atoms with Crippen molar-refractivity contribution in [1.29, 1.82) is 0 Å². The van der Waals surface area contributed by atoms with E-state index in [-0.39, 0.29) is 29.3 Å². The molecule has 4 aromatic rings. The Bertz CT molecular complexity index is 1500. The molecular formula is C27H24F2N6O3. The summed E-state index contributed by atoms with van der Waals surface area (Å²) in [6, 6.07) is 16.1. The van der Waals surface area contributed by atoms with Crippen LogP contribution in [-0.2, 0) is 6.54 Å². The molecule has 0 radical (unpaired) electrons. The maximum Gasteiger partial charge on any atom is 0.316 e. The minimum absolute atomic E-state index is 0.0119. The number of nitrogens with one attached hydrogen (secondary N) is 2. The number of nitrogens with two attached hydrogens (primary N) is 1. The Kier molecular flexibility index (Phi) is 7.47. The summed E-state index contributed by atoms with van der Waals surface area (Å²) >= 11 is 0. The standard InChI is InChI=1S/C27H24F2N6O3/c1-31-25(36)24-23(32-27(30)38)15-35(33-24)20-10-5-17(6-11-20)18-7-12-21(22(29)13-18)26(37)34(2)14-16-3-8-19(28)9-4-16/h3-13,15H,14H2,1-2H3,(H,31,36)(H3,30,32,38). The molecule has 0 atom stereocenters. The maximum atomic E-state index is 14.9. The highest BCUT2D eigenvalue weighted by Crippen LogP contribution is 2.25. The summed E-state index contributed by atoms with van der Waals surface area (Å²) in [7, 11) is 2.98. The molecule has 1 heterocycles. The SMILES string of the molecule is CNC(=O)c1nn(-c2ccc(-c3ccc(C(=O)N(C)Cc4ccc(F)cc4)c(F)c3)cc2)cc1NC(N)=O. The predicted octanol–water partition coefficient (Wildman–Crippen LogP) is 3.94. The van der Waals surface area contributed by atoms with Crippen molar-refractivity contribution in [2.45, 2.75) is 6.54 Å². The molecule has 0 aliphatic rings. The van der Waals surface area contributed by atoms with E-state index in [1.54, 1.807) is 49.5 Å². The molecule has 4 amide bonds. The fourth-order valence-corrected chi connectivity index (χ4v) is 3.83. The fraction of sp³-hybridized carbons (Fsp3) is 0.111. The van der Waals surface area contributed by atoms with Gasteiger partial charge in [-0.3, -0.25) is 9.59 Å². The summed E-state index contributed by atoms with van der Waals surface area (Å²) in [4.78, 5) is 37.5. The van der Waals surface area contributed by atoms with E-state index in [0.29, 0.717) is 16.8 Å². The molecule has 0 saturated carbocycles. The van der Waals surface area contributed by atoms with Gasteiger partial charge in [-0.05, 0) is 53.1 Å². The average Bonchev–Trinajstić information content (AvgIpc) is 3.32. The van der Waals surface area contributed by atoms with Gasteiger partial charge in [0, 0.05) is 20.6 Å². The van der Waals surface area contributed by atoms with Crippen LogP contribution in [0.4, 0.5) is 19.3 Å². The highest BCUT2D eigenvalue weighted by Gasteiger charge is 2.19. The van der Waals surface area contributed by atoms with Crippen molar-refractivity contribution in [3.8, 4) is 16.8 Å². The van der Waals surface area contributed by atoms with Crippen molar-refractivity contribution in [3.05, 3.63) is 101 Å². The first-order valence-corrected chi connectivity index (χ1v) is 11.4. The number of nitrogens with zero attached hydrogens (tertiary/aromatic N) is 3. The van der Waals surface area contributed by atoms with Gasteiger partial charge < -0.3 is 21.3 Å². The number of benzene rings is 3. The van der Waals surface area contributed by atoms with E-state index in [1.165, 1.54) is 47.1 Å². The van der Waals surface area contributed by atoms with Gasteiger partial charge in [0.15, 0.2) is 5.69 Å². The monoisotopic (exact) mass is 518 g/mol. The van der Waals surface area contributed by atoms with Crippen molar-refractivity contribution < 1.29 is 23.2 Å². The number of primary amides is 1. The Balaban J connectivity index is 1.52. The van der Waals surface area contributed by atoms with Gasteiger partial charge in [-0.25, -0.2) is 18.3 Å². The van der Waals surface area contributed by atoms with Crippen molar-refractivity contribution in [1.82, 2.24) is 20.0 Å². The van der Waals surface area contributed by atoms with Gasteiger partial charge >= 0.3 is 6.03 Å². The number of hydrogen-bond donors (Lipinski definition) is 3. The highest BCUT2D eigenvalue weighted by atomic mass is 19.1. The minimum Gasteiger partial charge on any atom is -0.354 e. The number of amides is 4. The molecule has 4 rings (SSSR count). The van der Waals surface area contributed by atoms with Crippen LogP contribution in [0.3, 0.4) is 0 Å². The molecule has 0 bridgehead atoms. The van der Waals surface area contributed by atoms with Gasteiger partial charge in [0.25, 0.3) is 11.8 Å². The summed E-state index contributed by atoms with van der Waals surface area (Å²) in [5, 5.41) is 9.03. The molecule has 38 heavy (non-hydrogen) atoms. The largest absolute Gasteiger partial charge is 0.354 e. The molecule has 11 heteroatoms. The van der Waals surface area contributed by atoms with E-state index in [0.717, 1.165) is 5.56 Å². The molecule has 0 spiro atoms. The second-order valence-electron chi connectivity index (χ2n) is 8.43. The third kappa shape index (κ3) is 5.67. The summed E-state index contributed by atoms with van der Waals surface area (Å²) in [6.45, 7) is 0.202. The molecule has 9 nitrogen and oxygen atoms in total. The third-order valence-electron chi connectivity index (χ3n) is 5.76. The number of aromatic nitrogens is 2. The topological polar surface area (TPSA) is 122 Å². The van der Waals surface area contributed by atoms with Gasteiger partial charge in [-0.15, -0.1) is 0 Å². The second kappa shape index (κ2) is 10.9.